The van der Waals surface area contributed by atoms with Crippen molar-refractivity contribution in [1.82, 2.24) is 9.78 Å². The minimum Gasteiger partial charge on any atom is -0.461 e. The van der Waals surface area contributed by atoms with Crippen molar-refractivity contribution < 1.29 is 9.53 Å². The molecule has 1 atom stereocenters. The number of carbonyl (C=O) groups excluding carboxylic acids is 1. The van der Waals surface area contributed by atoms with Gasteiger partial charge in [-0.05, 0) is 13.8 Å². The Kier molecular flexibility index (Phi) is 3.45. The molecule has 5 heteroatoms. The summed E-state index contributed by atoms with van der Waals surface area (Å²) in [6.45, 7) is 3.75. The lowest BCUT2D eigenvalue weighted by Crippen LogP contribution is -2.09. The van der Waals surface area contributed by atoms with Crippen LogP contribution in [0, 0.1) is 11.3 Å². The molecule has 0 fully saturated rings. The van der Waals surface area contributed by atoms with Crippen molar-refractivity contribution in [1.29, 1.82) is 5.26 Å². The van der Waals surface area contributed by atoms with Crippen molar-refractivity contribution in [3.63, 3.8) is 0 Å². The number of hydrogen-bond donors (Lipinski definition) is 0. The molecule has 0 saturated heterocycles. The Labute approximate surface area is 88.3 Å². The third kappa shape index (κ3) is 2.34. The van der Waals surface area contributed by atoms with Gasteiger partial charge in [0.1, 0.15) is 0 Å². The molecule has 1 rings (SSSR count). The lowest BCUT2D eigenvalue weighted by molar-refractivity contribution is 0.0517. The van der Waals surface area contributed by atoms with Gasteiger partial charge in [0.2, 0.25) is 0 Å². The van der Waals surface area contributed by atoms with Gasteiger partial charge in [-0.1, -0.05) is 0 Å². The normalized spacial score (nSPS) is 11.9. The fraction of sp³-hybridized carbons (Fsp3) is 0.500. The molecule has 5 nitrogen and oxygen atoms in total. The summed E-state index contributed by atoms with van der Waals surface area (Å²) in [6, 6.07) is 2.07. The molecule has 80 valence electrons. The fourth-order valence-corrected chi connectivity index (χ4v) is 1.25. The van der Waals surface area contributed by atoms with E-state index < -0.39 is 5.97 Å². The molecule has 1 aromatic rings. The van der Waals surface area contributed by atoms with E-state index in [2.05, 4.69) is 11.2 Å². The summed E-state index contributed by atoms with van der Waals surface area (Å²) in [4.78, 5) is 11.5. The topological polar surface area (TPSA) is 67.9 Å². The van der Waals surface area contributed by atoms with Crippen LogP contribution in [0.25, 0.3) is 0 Å². The van der Waals surface area contributed by atoms with Crippen molar-refractivity contribution in [2.24, 2.45) is 7.05 Å². The standard InChI is InChI=1S/C10H13N3O2/c1-4-15-10(14)9-8(7(2)5-11)6-13(3)12-9/h6-7H,4H2,1-3H3. The number of hydrogen-bond acceptors (Lipinski definition) is 4. The van der Waals surface area contributed by atoms with E-state index in [1.54, 1.807) is 27.1 Å². The zero-order valence-corrected chi connectivity index (χ0v) is 9.02. The highest BCUT2D eigenvalue weighted by molar-refractivity contribution is 5.89. The minimum absolute atomic E-state index is 0.230. The van der Waals surface area contributed by atoms with Crippen LogP contribution >= 0.6 is 0 Å². The van der Waals surface area contributed by atoms with Crippen molar-refractivity contribution in [3.8, 4) is 6.07 Å². The SMILES string of the molecule is CCOC(=O)c1nn(C)cc1C(C)C#N. The number of ether oxygens (including phenoxy) is 1. The van der Waals surface area contributed by atoms with Gasteiger partial charge in [-0.2, -0.15) is 10.4 Å². The third-order valence-electron chi connectivity index (χ3n) is 1.99. The van der Waals surface area contributed by atoms with Crippen LogP contribution in [0.15, 0.2) is 6.20 Å². The molecular formula is C10H13N3O2. The predicted octanol–water partition coefficient (Wildman–Crippen LogP) is 1.22. The van der Waals surface area contributed by atoms with Gasteiger partial charge >= 0.3 is 5.97 Å². The molecule has 0 aromatic carbocycles. The van der Waals surface area contributed by atoms with Crippen LogP contribution in [-0.2, 0) is 11.8 Å². The number of rotatable bonds is 3. The monoisotopic (exact) mass is 207 g/mol. The Morgan fingerprint density at radius 2 is 2.47 bits per heavy atom. The molecule has 0 spiro atoms. The lowest BCUT2D eigenvalue weighted by atomic mass is 10.0. The molecule has 1 aromatic heterocycles. The summed E-state index contributed by atoms with van der Waals surface area (Å²) < 4.78 is 6.36. The molecular weight excluding hydrogens is 194 g/mol. The molecule has 0 aliphatic carbocycles. The Balaban J connectivity index is 3.07. The molecule has 1 unspecified atom stereocenters. The van der Waals surface area contributed by atoms with Crippen LogP contribution in [0.2, 0.25) is 0 Å². The summed E-state index contributed by atoms with van der Waals surface area (Å²) in [7, 11) is 1.70. The fourth-order valence-electron chi connectivity index (χ4n) is 1.25. The highest BCUT2D eigenvalue weighted by Crippen LogP contribution is 2.18. The van der Waals surface area contributed by atoms with Crippen LogP contribution in [0.5, 0.6) is 0 Å². The molecule has 0 aliphatic rings. The van der Waals surface area contributed by atoms with Crippen LogP contribution in [0.3, 0.4) is 0 Å². The smallest absolute Gasteiger partial charge is 0.359 e. The molecule has 0 bridgehead atoms. The van der Waals surface area contributed by atoms with E-state index in [0.717, 1.165) is 0 Å². The van der Waals surface area contributed by atoms with Gasteiger partial charge in [-0.25, -0.2) is 4.79 Å². The number of aromatic nitrogens is 2. The maximum absolute atomic E-state index is 11.5. The van der Waals surface area contributed by atoms with Gasteiger partial charge in [0.15, 0.2) is 5.69 Å². The summed E-state index contributed by atoms with van der Waals surface area (Å²) in [6.07, 6.45) is 1.67. The number of aryl methyl sites for hydroxylation is 1. The number of esters is 1. The Morgan fingerprint density at radius 3 is 3.00 bits per heavy atom. The maximum Gasteiger partial charge on any atom is 0.359 e. The second-order valence-corrected chi connectivity index (χ2v) is 3.18. The minimum atomic E-state index is -0.477. The van der Waals surface area contributed by atoms with Crippen molar-refractivity contribution in [2.45, 2.75) is 19.8 Å². The van der Waals surface area contributed by atoms with E-state index in [-0.39, 0.29) is 11.6 Å². The van der Waals surface area contributed by atoms with E-state index in [4.69, 9.17) is 10.00 Å². The van der Waals surface area contributed by atoms with E-state index >= 15 is 0 Å². The van der Waals surface area contributed by atoms with Crippen LogP contribution in [0.4, 0.5) is 0 Å². The number of nitrogens with zero attached hydrogens (tertiary/aromatic N) is 3. The van der Waals surface area contributed by atoms with E-state index in [9.17, 15) is 4.79 Å². The molecule has 1 heterocycles. The zero-order chi connectivity index (χ0) is 11.4. The van der Waals surface area contributed by atoms with Crippen molar-refractivity contribution >= 4 is 5.97 Å². The number of carbonyl (C=O) groups is 1. The first-order valence-electron chi connectivity index (χ1n) is 4.70. The maximum atomic E-state index is 11.5. The first-order chi connectivity index (χ1) is 7.10. The first kappa shape index (κ1) is 11.2. The van der Waals surface area contributed by atoms with Gasteiger partial charge in [-0.3, -0.25) is 4.68 Å². The van der Waals surface area contributed by atoms with E-state index in [1.807, 2.05) is 0 Å². The third-order valence-corrected chi connectivity index (χ3v) is 1.99. The van der Waals surface area contributed by atoms with Crippen molar-refractivity contribution in [2.75, 3.05) is 6.61 Å². The Morgan fingerprint density at radius 1 is 1.80 bits per heavy atom. The zero-order valence-electron chi connectivity index (χ0n) is 9.02. The van der Waals surface area contributed by atoms with E-state index in [0.29, 0.717) is 12.2 Å². The van der Waals surface area contributed by atoms with E-state index in [1.165, 1.54) is 4.68 Å². The van der Waals surface area contributed by atoms with Crippen LogP contribution < -0.4 is 0 Å². The Hall–Kier alpha value is -1.83. The second-order valence-electron chi connectivity index (χ2n) is 3.18. The average Bonchev–Trinajstić information content (AvgIpc) is 2.59. The summed E-state index contributed by atoms with van der Waals surface area (Å²) in [5, 5.41) is 12.8. The number of nitriles is 1. The van der Waals surface area contributed by atoms with Gasteiger partial charge < -0.3 is 4.74 Å². The second kappa shape index (κ2) is 4.60. The molecule has 0 saturated carbocycles. The van der Waals surface area contributed by atoms with Crippen LogP contribution in [-0.4, -0.2) is 22.4 Å². The van der Waals surface area contributed by atoms with Gasteiger partial charge in [0.25, 0.3) is 0 Å². The Bertz CT molecular complexity index is 403. The molecule has 0 aliphatic heterocycles. The molecule has 15 heavy (non-hydrogen) atoms. The van der Waals surface area contributed by atoms with Gasteiger partial charge in [0, 0.05) is 18.8 Å². The van der Waals surface area contributed by atoms with Crippen molar-refractivity contribution in [3.05, 3.63) is 17.5 Å². The molecule has 0 N–H and O–H groups in total. The van der Waals surface area contributed by atoms with Crippen LogP contribution in [0.1, 0.15) is 35.8 Å². The first-order valence-corrected chi connectivity index (χ1v) is 4.70. The largest absolute Gasteiger partial charge is 0.461 e. The molecule has 0 radical (unpaired) electrons. The highest BCUT2D eigenvalue weighted by atomic mass is 16.5. The summed E-state index contributed by atoms with van der Waals surface area (Å²) in [5.74, 6) is -0.840. The van der Waals surface area contributed by atoms with Gasteiger partial charge in [-0.15, -0.1) is 0 Å². The average molecular weight is 207 g/mol. The van der Waals surface area contributed by atoms with Gasteiger partial charge in [0.05, 0.1) is 18.6 Å². The highest BCUT2D eigenvalue weighted by Gasteiger charge is 2.20. The quantitative estimate of drug-likeness (QED) is 0.699. The molecule has 0 amide bonds. The summed E-state index contributed by atoms with van der Waals surface area (Å²) in [5.41, 5.74) is 0.840. The summed E-state index contributed by atoms with van der Waals surface area (Å²) >= 11 is 0. The lowest BCUT2D eigenvalue weighted by Gasteiger charge is -2.02. The predicted molar refractivity (Wildman–Crippen MR) is 53.2 cm³/mol.